The van der Waals surface area contributed by atoms with Crippen LogP contribution in [0.4, 0.5) is 5.69 Å². The van der Waals surface area contributed by atoms with Gasteiger partial charge in [0, 0.05) is 23.5 Å². The molecule has 1 N–H and O–H groups in total. The fraction of sp³-hybridized carbons (Fsp3) is 0.214. The molecular weight excluding hydrogens is 260 g/mol. The Bertz CT molecular complexity index is 632. The molecule has 4 nitrogen and oxygen atoms in total. The zero-order valence-electron chi connectivity index (χ0n) is 10.7. The number of nitrogens with zero attached hydrogens (tertiary/aromatic N) is 3. The summed E-state index contributed by atoms with van der Waals surface area (Å²) in [5.74, 6) is 0. The van der Waals surface area contributed by atoms with E-state index < -0.39 is 0 Å². The second kappa shape index (κ2) is 5.68. The van der Waals surface area contributed by atoms with E-state index in [0.29, 0.717) is 16.5 Å². The topological polar surface area (TPSA) is 61.6 Å². The first-order valence-electron chi connectivity index (χ1n) is 5.90. The number of nitrogens with one attached hydrogen (secondary N) is 1. The average Bonchev–Trinajstić information content (AvgIpc) is 2.38. The summed E-state index contributed by atoms with van der Waals surface area (Å²) in [7, 11) is 0. The van der Waals surface area contributed by atoms with Gasteiger partial charge in [-0.15, -0.1) is 0 Å². The van der Waals surface area contributed by atoms with E-state index in [-0.39, 0.29) is 6.04 Å². The van der Waals surface area contributed by atoms with Crippen molar-refractivity contribution in [2.24, 2.45) is 0 Å². The molecular formula is C14H13ClN4. The molecule has 2 rings (SSSR count). The van der Waals surface area contributed by atoms with E-state index >= 15 is 0 Å². The first-order chi connectivity index (χ1) is 9.10. The molecule has 0 unspecified atom stereocenters. The second-order valence-corrected chi connectivity index (χ2v) is 4.76. The number of nitriles is 1. The van der Waals surface area contributed by atoms with Crippen molar-refractivity contribution in [1.82, 2.24) is 9.97 Å². The molecule has 0 amide bonds. The van der Waals surface area contributed by atoms with Gasteiger partial charge in [-0.2, -0.15) is 5.26 Å². The van der Waals surface area contributed by atoms with E-state index in [9.17, 15) is 0 Å². The van der Waals surface area contributed by atoms with Crippen LogP contribution in [-0.4, -0.2) is 16.0 Å². The van der Waals surface area contributed by atoms with Gasteiger partial charge >= 0.3 is 0 Å². The highest BCUT2D eigenvalue weighted by molar-refractivity contribution is 6.29. The standard InChI is InChI=1S/C14H13ClN4/c1-9(2)18-13-6-14(15)17-8-11(13)12-5-3-4-10(7-16)19-12/h3-6,8-9H,1-2H3,(H,17,18). The molecule has 0 fully saturated rings. The van der Waals surface area contributed by atoms with Crippen LogP contribution in [0, 0.1) is 11.3 Å². The Labute approximate surface area is 117 Å². The lowest BCUT2D eigenvalue weighted by Gasteiger charge is -2.14. The van der Waals surface area contributed by atoms with E-state index in [2.05, 4.69) is 15.3 Å². The van der Waals surface area contributed by atoms with Gasteiger partial charge in [0.15, 0.2) is 0 Å². The zero-order chi connectivity index (χ0) is 13.8. The van der Waals surface area contributed by atoms with Crippen molar-refractivity contribution in [1.29, 1.82) is 5.26 Å². The van der Waals surface area contributed by atoms with Gasteiger partial charge in [-0.05, 0) is 32.0 Å². The molecule has 0 spiro atoms. The van der Waals surface area contributed by atoms with Gasteiger partial charge in [-0.3, -0.25) is 0 Å². The van der Waals surface area contributed by atoms with Gasteiger partial charge in [0.05, 0.1) is 5.69 Å². The van der Waals surface area contributed by atoms with Gasteiger partial charge in [0.25, 0.3) is 0 Å². The van der Waals surface area contributed by atoms with E-state index in [0.717, 1.165) is 11.3 Å². The van der Waals surface area contributed by atoms with Crippen LogP contribution in [0.5, 0.6) is 0 Å². The van der Waals surface area contributed by atoms with E-state index in [1.165, 1.54) is 0 Å². The highest BCUT2D eigenvalue weighted by atomic mass is 35.5. The molecule has 0 saturated carbocycles. The lowest BCUT2D eigenvalue weighted by Crippen LogP contribution is -2.11. The normalized spacial score (nSPS) is 10.3. The van der Waals surface area contributed by atoms with Gasteiger partial charge in [-0.1, -0.05) is 17.7 Å². The van der Waals surface area contributed by atoms with Crippen LogP contribution in [0.1, 0.15) is 19.5 Å². The monoisotopic (exact) mass is 272 g/mol. The predicted octanol–water partition coefficient (Wildman–Crippen LogP) is 3.49. The Hall–Kier alpha value is -2.12. The van der Waals surface area contributed by atoms with E-state index in [1.54, 1.807) is 24.4 Å². The third-order valence-electron chi connectivity index (χ3n) is 2.45. The molecule has 2 aromatic rings. The molecule has 0 aromatic carbocycles. The maximum atomic E-state index is 8.90. The van der Waals surface area contributed by atoms with E-state index in [1.807, 2.05) is 26.0 Å². The second-order valence-electron chi connectivity index (χ2n) is 4.37. The number of aromatic nitrogens is 2. The summed E-state index contributed by atoms with van der Waals surface area (Å²) in [5.41, 5.74) is 2.77. The minimum Gasteiger partial charge on any atom is -0.382 e. The maximum Gasteiger partial charge on any atom is 0.141 e. The summed E-state index contributed by atoms with van der Waals surface area (Å²) in [6, 6.07) is 9.37. The summed E-state index contributed by atoms with van der Waals surface area (Å²) in [6.07, 6.45) is 1.66. The maximum absolute atomic E-state index is 8.90. The van der Waals surface area contributed by atoms with Crippen LogP contribution in [0.25, 0.3) is 11.3 Å². The van der Waals surface area contributed by atoms with Gasteiger partial charge in [0.2, 0.25) is 0 Å². The average molecular weight is 273 g/mol. The van der Waals surface area contributed by atoms with Gasteiger partial charge in [0.1, 0.15) is 16.9 Å². The lowest BCUT2D eigenvalue weighted by atomic mass is 10.1. The van der Waals surface area contributed by atoms with Crippen molar-refractivity contribution >= 4 is 17.3 Å². The smallest absolute Gasteiger partial charge is 0.141 e. The fourth-order valence-electron chi connectivity index (χ4n) is 1.71. The Kier molecular flexibility index (Phi) is 3.98. The third-order valence-corrected chi connectivity index (χ3v) is 2.66. The molecule has 0 aliphatic carbocycles. The third kappa shape index (κ3) is 3.21. The first-order valence-corrected chi connectivity index (χ1v) is 6.27. The quantitative estimate of drug-likeness (QED) is 0.869. The minimum atomic E-state index is 0.261. The Morgan fingerprint density at radius 2 is 2.16 bits per heavy atom. The Morgan fingerprint density at radius 1 is 1.37 bits per heavy atom. The van der Waals surface area contributed by atoms with Crippen molar-refractivity contribution < 1.29 is 0 Å². The molecule has 0 aliphatic rings. The van der Waals surface area contributed by atoms with Crippen molar-refractivity contribution in [3.8, 4) is 17.3 Å². The number of rotatable bonds is 3. The van der Waals surface area contributed by atoms with Crippen LogP contribution in [0.15, 0.2) is 30.5 Å². The molecule has 96 valence electrons. The zero-order valence-corrected chi connectivity index (χ0v) is 11.4. The molecule has 0 atom stereocenters. The molecule has 0 radical (unpaired) electrons. The number of pyridine rings is 2. The van der Waals surface area contributed by atoms with Crippen LogP contribution in [0.3, 0.4) is 0 Å². The van der Waals surface area contributed by atoms with Gasteiger partial charge in [-0.25, -0.2) is 9.97 Å². The Morgan fingerprint density at radius 3 is 2.84 bits per heavy atom. The number of hydrogen-bond acceptors (Lipinski definition) is 4. The van der Waals surface area contributed by atoms with Crippen LogP contribution in [-0.2, 0) is 0 Å². The number of halogens is 1. The summed E-state index contributed by atoms with van der Waals surface area (Å²) in [6.45, 7) is 4.08. The molecule has 2 aromatic heterocycles. The Balaban J connectivity index is 2.51. The van der Waals surface area contributed by atoms with Crippen molar-refractivity contribution in [3.05, 3.63) is 41.3 Å². The first kappa shape index (κ1) is 13.3. The molecule has 5 heteroatoms. The highest BCUT2D eigenvalue weighted by Gasteiger charge is 2.10. The number of anilines is 1. The summed E-state index contributed by atoms with van der Waals surface area (Å²) < 4.78 is 0. The lowest BCUT2D eigenvalue weighted by molar-refractivity contribution is 0.899. The van der Waals surface area contributed by atoms with Crippen molar-refractivity contribution in [2.45, 2.75) is 19.9 Å². The summed E-state index contributed by atoms with van der Waals surface area (Å²) in [4.78, 5) is 8.36. The fourth-order valence-corrected chi connectivity index (χ4v) is 1.87. The van der Waals surface area contributed by atoms with Crippen LogP contribution in [0.2, 0.25) is 5.15 Å². The van der Waals surface area contributed by atoms with Crippen LogP contribution >= 0.6 is 11.6 Å². The minimum absolute atomic E-state index is 0.261. The van der Waals surface area contributed by atoms with Gasteiger partial charge < -0.3 is 5.32 Å². The summed E-state index contributed by atoms with van der Waals surface area (Å²) >= 11 is 5.92. The van der Waals surface area contributed by atoms with Crippen molar-refractivity contribution in [3.63, 3.8) is 0 Å². The predicted molar refractivity (Wildman–Crippen MR) is 76.0 cm³/mol. The highest BCUT2D eigenvalue weighted by Crippen LogP contribution is 2.28. The SMILES string of the molecule is CC(C)Nc1cc(Cl)ncc1-c1cccc(C#N)n1. The molecule has 19 heavy (non-hydrogen) atoms. The summed E-state index contributed by atoms with van der Waals surface area (Å²) in [5, 5.41) is 12.6. The largest absolute Gasteiger partial charge is 0.382 e. The number of hydrogen-bond donors (Lipinski definition) is 1. The van der Waals surface area contributed by atoms with Crippen LogP contribution < -0.4 is 5.32 Å². The van der Waals surface area contributed by atoms with E-state index in [4.69, 9.17) is 16.9 Å². The molecule has 0 aliphatic heterocycles. The molecule has 0 bridgehead atoms. The molecule has 0 saturated heterocycles. The van der Waals surface area contributed by atoms with Crippen molar-refractivity contribution in [2.75, 3.05) is 5.32 Å². The molecule has 2 heterocycles.